The molecule has 2 aromatic carbocycles. The minimum atomic E-state index is -1.06. The van der Waals surface area contributed by atoms with E-state index in [9.17, 15) is 9.18 Å². The molecular formula is C15H14FNO2S. The zero-order valence-corrected chi connectivity index (χ0v) is 11.7. The lowest BCUT2D eigenvalue weighted by atomic mass is 10.1. The normalized spacial score (nSPS) is 10.5. The van der Waals surface area contributed by atoms with Crippen molar-refractivity contribution >= 4 is 23.4 Å². The van der Waals surface area contributed by atoms with E-state index >= 15 is 0 Å². The predicted molar refractivity (Wildman–Crippen MR) is 78.5 cm³/mol. The van der Waals surface area contributed by atoms with Crippen LogP contribution >= 0.6 is 11.8 Å². The van der Waals surface area contributed by atoms with E-state index in [0.29, 0.717) is 17.0 Å². The Labute approximate surface area is 120 Å². The van der Waals surface area contributed by atoms with Crippen molar-refractivity contribution in [3.63, 3.8) is 0 Å². The first-order valence-corrected chi connectivity index (χ1v) is 6.96. The summed E-state index contributed by atoms with van der Waals surface area (Å²) in [7, 11) is 0. The maximum Gasteiger partial charge on any atom is 0.335 e. The molecule has 0 aliphatic heterocycles. The summed E-state index contributed by atoms with van der Waals surface area (Å²) in [5.41, 5.74) is 7.86. The summed E-state index contributed by atoms with van der Waals surface area (Å²) in [6, 6.07) is 9.35. The van der Waals surface area contributed by atoms with Gasteiger partial charge in [0.2, 0.25) is 0 Å². The van der Waals surface area contributed by atoms with Gasteiger partial charge in [-0.15, -0.1) is 11.8 Å². The van der Waals surface area contributed by atoms with Gasteiger partial charge in [-0.05, 0) is 54.4 Å². The Morgan fingerprint density at radius 3 is 2.70 bits per heavy atom. The van der Waals surface area contributed by atoms with Crippen LogP contribution in [0.4, 0.5) is 10.1 Å². The predicted octanol–water partition coefficient (Wildman–Crippen LogP) is 3.71. The first-order valence-electron chi connectivity index (χ1n) is 5.98. The van der Waals surface area contributed by atoms with Crippen molar-refractivity contribution in [1.82, 2.24) is 0 Å². The van der Waals surface area contributed by atoms with E-state index in [2.05, 4.69) is 0 Å². The van der Waals surface area contributed by atoms with Crippen LogP contribution in [0, 0.1) is 12.7 Å². The Kier molecular flexibility index (Phi) is 4.29. The second kappa shape index (κ2) is 5.96. The summed E-state index contributed by atoms with van der Waals surface area (Å²) in [4.78, 5) is 11.9. The van der Waals surface area contributed by atoms with Gasteiger partial charge in [-0.1, -0.05) is 0 Å². The van der Waals surface area contributed by atoms with Gasteiger partial charge in [0.25, 0.3) is 0 Å². The lowest BCUT2D eigenvalue weighted by Gasteiger charge is -2.08. The number of aryl methyl sites for hydroxylation is 1. The molecule has 0 atom stereocenters. The van der Waals surface area contributed by atoms with Crippen LogP contribution in [0.5, 0.6) is 0 Å². The van der Waals surface area contributed by atoms with Gasteiger partial charge in [0, 0.05) is 16.3 Å². The van der Waals surface area contributed by atoms with Crippen molar-refractivity contribution in [2.24, 2.45) is 0 Å². The molecule has 0 unspecified atom stereocenters. The number of nitrogens with two attached hydrogens (primary N) is 1. The van der Waals surface area contributed by atoms with E-state index in [1.807, 2.05) is 19.1 Å². The molecule has 20 heavy (non-hydrogen) atoms. The van der Waals surface area contributed by atoms with E-state index in [1.54, 1.807) is 6.07 Å². The van der Waals surface area contributed by atoms with Crippen LogP contribution in [-0.4, -0.2) is 11.1 Å². The van der Waals surface area contributed by atoms with Gasteiger partial charge in [-0.2, -0.15) is 0 Å². The Morgan fingerprint density at radius 1 is 1.30 bits per heavy atom. The van der Waals surface area contributed by atoms with Crippen LogP contribution < -0.4 is 5.73 Å². The number of hydrogen-bond acceptors (Lipinski definition) is 3. The third-order valence-electron chi connectivity index (χ3n) is 2.87. The highest BCUT2D eigenvalue weighted by atomic mass is 32.2. The number of hydrogen-bond donors (Lipinski definition) is 2. The summed E-state index contributed by atoms with van der Waals surface area (Å²) in [5, 5.41) is 8.92. The van der Waals surface area contributed by atoms with Crippen LogP contribution in [0.25, 0.3) is 0 Å². The zero-order valence-electron chi connectivity index (χ0n) is 10.9. The third-order valence-corrected chi connectivity index (χ3v) is 4.10. The smallest absolute Gasteiger partial charge is 0.335 e. The maximum atomic E-state index is 13.7. The molecule has 5 heteroatoms. The van der Waals surface area contributed by atoms with Crippen molar-refractivity contribution in [2.75, 3.05) is 5.73 Å². The summed E-state index contributed by atoms with van der Waals surface area (Å²) in [6.07, 6.45) is 0. The number of rotatable bonds is 4. The van der Waals surface area contributed by atoms with Gasteiger partial charge < -0.3 is 10.8 Å². The molecule has 0 saturated heterocycles. The van der Waals surface area contributed by atoms with Gasteiger partial charge >= 0.3 is 5.97 Å². The zero-order chi connectivity index (χ0) is 14.7. The summed E-state index contributed by atoms with van der Waals surface area (Å²) in [6.45, 7) is 1.93. The Balaban J connectivity index is 2.18. The number of carboxylic acid groups (broad SMARTS) is 1. The highest BCUT2D eigenvalue weighted by Crippen LogP contribution is 2.28. The number of benzene rings is 2. The standard InChI is InChI=1S/C15H14FNO2S/c1-9-6-12(17)3-5-14(9)20-8-11-7-10(15(18)19)2-4-13(11)16/h2-7H,8,17H2,1H3,(H,18,19). The van der Waals surface area contributed by atoms with Crippen LogP contribution in [0.2, 0.25) is 0 Å². The van der Waals surface area contributed by atoms with Gasteiger partial charge in [0.15, 0.2) is 0 Å². The van der Waals surface area contributed by atoms with Gasteiger partial charge in [-0.3, -0.25) is 0 Å². The van der Waals surface area contributed by atoms with Crippen LogP contribution in [0.15, 0.2) is 41.3 Å². The number of anilines is 1. The fourth-order valence-electron chi connectivity index (χ4n) is 1.81. The number of carboxylic acids is 1. The van der Waals surface area contributed by atoms with Crippen molar-refractivity contribution in [3.05, 3.63) is 58.9 Å². The van der Waals surface area contributed by atoms with Crippen LogP contribution in [0.3, 0.4) is 0 Å². The van der Waals surface area contributed by atoms with Crippen LogP contribution in [-0.2, 0) is 5.75 Å². The molecule has 0 amide bonds. The van der Waals surface area contributed by atoms with Gasteiger partial charge in [0.1, 0.15) is 5.82 Å². The van der Waals surface area contributed by atoms with Crippen LogP contribution in [0.1, 0.15) is 21.5 Å². The minimum Gasteiger partial charge on any atom is -0.478 e. The number of nitrogen functional groups attached to an aromatic ring is 1. The lowest BCUT2D eigenvalue weighted by molar-refractivity contribution is 0.0696. The molecule has 3 nitrogen and oxygen atoms in total. The Morgan fingerprint density at radius 2 is 2.05 bits per heavy atom. The molecule has 2 rings (SSSR count). The molecule has 0 radical (unpaired) electrons. The highest BCUT2D eigenvalue weighted by molar-refractivity contribution is 7.98. The number of thioether (sulfide) groups is 1. The van der Waals surface area contributed by atoms with Crippen molar-refractivity contribution < 1.29 is 14.3 Å². The molecule has 0 aliphatic carbocycles. The molecule has 0 aromatic heterocycles. The van der Waals surface area contributed by atoms with Gasteiger partial charge in [-0.25, -0.2) is 9.18 Å². The molecule has 2 aromatic rings. The SMILES string of the molecule is Cc1cc(N)ccc1SCc1cc(C(=O)O)ccc1F. The van der Waals surface area contributed by atoms with E-state index in [-0.39, 0.29) is 5.56 Å². The molecule has 0 bridgehead atoms. The number of halogens is 1. The fraction of sp³-hybridized carbons (Fsp3) is 0.133. The quantitative estimate of drug-likeness (QED) is 0.666. The monoisotopic (exact) mass is 291 g/mol. The molecule has 3 N–H and O–H groups in total. The average molecular weight is 291 g/mol. The first-order chi connectivity index (χ1) is 9.47. The molecule has 0 spiro atoms. The molecule has 0 heterocycles. The van der Waals surface area contributed by atoms with Crippen molar-refractivity contribution in [3.8, 4) is 0 Å². The maximum absolute atomic E-state index is 13.7. The molecule has 104 valence electrons. The van der Waals surface area contributed by atoms with E-state index in [1.165, 1.54) is 30.0 Å². The minimum absolute atomic E-state index is 0.0935. The Hall–Kier alpha value is -2.01. The second-order valence-electron chi connectivity index (χ2n) is 4.42. The highest BCUT2D eigenvalue weighted by Gasteiger charge is 2.09. The summed E-state index contributed by atoms with van der Waals surface area (Å²) < 4.78 is 13.7. The van der Waals surface area contributed by atoms with Gasteiger partial charge in [0.05, 0.1) is 5.56 Å². The van der Waals surface area contributed by atoms with Crippen molar-refractivity contribution in [1.29, 1.82) is 0 Å². The summed E-state index contributed by atoms with van der Waals surface area (Å²) in [5.74, 6) is -1.08. The largest absolute Gasteiger partial charge is 0.478 e. The number of aromatic carboxylic acids is 1. The van der Waals surface area contributed by atoms with E-state index in [0.717, 1.165) is 10.5 Å². The van der Waals surface area contributed by atoms with E-state index < -0.39 is 11.8 Å². The van der Waals surface area contributed by atoms with E-state index in [4.69, 9.17) is 10.8 Å². The molecule has 0 fully saturated rings. The third kappa shape index (κ3) is 3.30. The first kappa shape index (κ1) is 14.4. The summed E-state index contributed by atoms with van der Waals surface area (Å²) >= 11 is 1.45. The average Bonchev–Trinajstić information content (AvgIpc) is 2.39. The Bertz CT molecular complexity index is 658. The molecule has 0 aliphatic rings. The lowest BCUT2D eigenvalue weighted by Crippen LogP contribution is -1.99. The number of carbonyl (C=O) groups is 1. The topological polar surface area (TPSA) is 63.3 Å². The van der Waals surface area contributed by atoms with Crippen molar-refractivity contribution in [2.45, 2.75) is 17.6 Å². The fourth-order valence-corrected chi connectivity index (χ4v) is 2.79. The molecular weight excluding hydrogens is 277 g/mol. The second-order valence-corrected chi connectivity index (χ2v) is 5.44. The molecule has 0 saturated carbocycles.